The van der Waals surface area contributed by atoms with Gasteiger partial charge in [-0.25, -0.2) is 8.78 Å². The molecule has 132 valence electrons. The number of methoxy groups -OCH3 is 1. The van der Waals surface area contributed by atoms with Crippen molar-refractivity contribution in [1.29, 1.82) is 0 Å². The van der Waals surface area contributed by atoms with Crippen LogP contribution in [0.5, 0.6) is 0 Å². The third-order valence-corrected chi connectivity index (χ3v) is 4.68. The van der Waals surface area contributed by atoms with Crippen molar-refractivity contribution >= 4 is 11.9 Å². The molecule has 1 aromatic carbocycles. The van der Waals surface area contributed by atoms with Gasteiger partial charge in [-0.2, -0.15) is 0 Å². The molecule has 24 heavy (non-hydrogen) atoms. The zero-order valence-electron chi connectivity index (χ0n) is 14.1. The first-order valence-corrected chi connectivity index (χ1v) is 8.27. The summed E-state index contributed by atoms with van der Waals surface area (Å²) in [5.41, 5.74) is 0.0940. The van der Waals surface area contributed by atoms with Crippen molar-refractivity contribution in [2.24, 2.45) is 5.92 Å². The molecule has 1 aliphatic carbocycles. The summed E-state index contributed by atoms with van der Waals surface area (Å²) >= 11 is 0. The Morgan fingerprint density at radius 1 is 1.21 bits per heavy atom. The van der Waals surface area contributed by atoms with E-state index in [4.69, 9.17) is 0 Å². The number of rotatable bonds is 5. The fraction of sp³-hybridized carbons (Fsp3) is 0.556. The predicted octanol–water partition coefficient (Wildman–Crippen LogP) is 3.55. The van der Waals surface area contributed by atoms with Gasteiger partial charge in [0.2, 0.25) is 0 Å². The third-order valence-electron chi connectivity index (χ3n) is 4.68. The van der Waals surface area contributed by atoms with Crippen LogP contribution in [0.25, 0.3) is 0 Å². The molecule has 0 bridgehead atoms. The summed E-state index contributed by atoms with van der Waals surface area (Å²) in [6, 6.07) is 3.13. The normalized spacial score (nSPS) is 20.5. The third kappa shape index (κ3) is 4.30. The van der Waals surface area contributed by atoms with Gasteiger partial charge in [-0.1, -0.05) is 19.8 Å². The minimum atomic E-state index is -1.05. The van der Waals surface area contributed by atoms with E-state index in [1.807, 2.05) is 0 Å². The lowest BCUT2D eigenvalue weighted by molar-refractivity contribution is -0.141. The van der Waals surface area contributed by atoms with Gasteiger partial charge in [0.05, 0.1) is 13.5 Å². The molecule has 0 heterocycles. The molecule has 0 aliphatic heterocycles. The van der Waals surface area contributed by atoms with Crippen LogP contribution in [0.1, 0.15) is 49.4 Å². The van der Waals surface area contributed by atoms with Gasteiger partial charge in [-0.15, -0.1) is 0 Å². The highest BCUT2D eigenvalue weighted by atomic mass is 19.2. The van der Waals surface area contributed by atoms with Crippen molar-refractivity contribution in [3.8, 4) is 0 Å². The number of esters is 1. The Bertz CT molecular complexity index is 606. The maximum Gasteiger partial charge on any atom is 0.307 e. The highest BCUT2D eigenvalue weighted by Crippen LogP contribution is 2.29. The van der Waals surface area contributed by atoms with Crippen LogP contribution >= 0.6 is 0 Å². The van der Waals surface area contributed by atoms with Gasteiger partial charge in [-0.3, -0.25) is 9.59 Å². The van der Waals surface area contributed by atoms with E-state index < -0.39 is 17.6 Å². The molecule has 1 saturated carbocycles. The molecule has 1 aromatic rings. The molecule has 2 unspecified atom stereocenters. The van der Waals surface area contributed by atoms with Crippen LogP contribution in [0.15, 0.2) is 18.2 Å². The SMILES string of the molecule is COC(=O)CCN(C(=O)c1ccc(F)c(F)c1)C1CCCCC1C. The van der Waals surface area contributed by atoms with Crippen molar-refractivity contribution in [2.75, 3.05) is 13.7 Å². The van der Waals surface area contributed by atoms with E-state index in [9.17, 15) is 18.4 Å². The molecule has 0 spiro atoms. The first-order chi connectivity index (χ1) is 11.4. The van der Waals surface area contributed by atoms with Crippen LogP contribution in [-0.4, -0.2) is 36.5 Å². The zero-order valence-corrected chi connectivity index (χ0v) is 14.1. The largest absolute Gasteiger partial charge is 0.469 e. The molecule has 2 rings (SSSR count). The van der Waals surface area contributed by atoms with E-state index in [2.05, 4.69) is 11.7 Å². The number of benzene rings is 1. The molecule has 0 radical (unpaired) electrons. The molecule has 4 nitrogen and oxygen atoms in total. The molecule has 0 N–H and O–H groups in total. The molecule has 1 aliphatic rings. The second-order valence-electron chi connectivity index (χ2n) is 6.28. The summed E-state index contributed by atoms with van der Waals surface area (Å²) in [7, 11) is 1.30. The smallest absolute Gasteiger partial charge is 0.307 e. The number of carbonyl (C=O) groups is 2. The van der Waals surface area contributed by atoms with Gasteiger partial charge in [0.1, 0.15) is 0 Å². The number of amides is 1. The van der Waals surface area contributed by atoms with Crippen molar-refractivity contribution in [3.63, 3.8) is 0 Å². The first-order valence-electron chi connectivity index (χ1n) is 8.27. The maximum atomic E-state index is 13.5. The number of halogens is 2. The molecule has 1 amide bonds. The summed E-state index contributed by atoms with van der Waals surface area (Å²) in [4.78, 5) is 25.9. The number of ether oxygens (including phenoxy) is 1. The van der Waals surface area contributed by atoms with Crippen LogP contribution in [0, 0.1) is 17.6 Å². The minimum Gasteiger partial charge on any atom is -0.469 e. The zero-order chi connectivity index (χ0) is 17.7. The Hall–Kier alpha value is -1.98. The second kappa shape index (κ2) is 8.22. The van der Waals surface area contributed by atoms with Gasteiger partial charge in [0.15, 0.2) is 11.6 Å². The van der Waals surface area contributed by atoms with Crippen LogP contribution in [0.3, 0.4) is 0 Å². The summed E-state index contributed by atoms with van der Waals surface area (Å²) in [5, 5.41) is 0. The minimum absolute atomic E-state index is 0.0102. The monoisotopic (exact) mass is 339 g/mol. The van der Waals surface area contributed by atoms with Gasteiger partial charge in [0.25, 0.3) is 5.91 Å². The summed E-state index contributed by atoms with van der Waals surface area (Å²) < 4.78 is 31.2. The van der Waals surface area contributed by atoms with Gasteiger partial charge in [0, 0.05) is 18.2 Å². The maximum absolute atomic E-state index is 13.5. The van der Waals surface area contributed by atoms with E-state index in [0.717, 1.165) is 37.8 Å². The molecule has 2 atom stereocenters. The Morgan fingerprint density at radius 3 is 2.54 bits per heavy atom. The molecule has 1 fully saturated rings. The number of nitrogens with zero attached hydrogens (tertiary/aromatic N) is 1. The lowest BCUT2D eigenvalue weighted by Gasteiger charge is -2.38. The van der Waals surface area contributed by atoms with E-state index in [0.29, 0.717) is 5.92 Å². The molecule has 0 aromatic heterocycles. The topological polar surface area (TPSA) is 46.6 Å². The van der Waals surface area contributed by atoms with E-state index in [1.54, 1.807) is 4.90 Å². The Labute approximate surface area is 140 Å². The van der Waals surface area contributed by atoms with Crippen LogP contribution in [-0.2, 0) is 9.53 Å². The second-order valence-corrected chi connectivity index (χ2v) is 6.28. The van der Waals surface area contributed by atoms with Gasteiger partial charge >= 0.3 is 5.97 Å². The number of hydrogen-bond donors (Lipinski definition) is 0. The first kappa shape index (κ1) is 18.4. The van der Waals surface area contributed by atoms with Gasteiger partial charge in [-0.05, 0) is 37.0 Å². The quantitative estimate of drug-likeness (QED) is 0.771. The molecule has 0 saturated heterocycles. The van der Waals surface area contributed by atoms with Crippen molar-refractivity contribution in [2.45, 2.75) is 45.1 Å². The highest BCUT2D eigenvalue weighted by molar-refractivity contribution is 5.94. The standard InChI is InChI=1S/C18H23F2NO3/c1-12-5-3-4-6-16(12)21(10-9-17(22)24-2)18(23)13-7-8-14(19)15(20)11-13/h7-8,11-12,16H,3-6,9-10H2,1-2H3. The Kier molecular flexibility index (Phi) is 6.29. The molecule has 6 heteroatoms. The summed E-state index contributed by atoms with van der Waals surface area (Å²) in [6.45, 7) is 2.28. The molecular formula is C18H23F2NO3. The van der Waals surface area contributed by atoms with E-state index in [-0.39, 0.29) is 30.5 Å². The van der Waals surface area contributed by atoms with Crippen molar-refractivity contribution in [3.05, 3.63) is 35.4 Å². The van der Waals surface area contributed by atoms with Crippen molar-refractivity contribution < 1.29 is 23.1 Å². The predicted molar refractivity (Wildman–Crippen MR) is 85.4 cm³/mol. The van der Waals surface area contributed by atoms with Crippen LogP contribution in [0.4, 0.5) is 8.78 Å². The molecular weight excluding hydrogens is 316 g/mol. The number of hydrogen-bond acceptors (Lipinski definition) is 3. The summed E-state index contributed by atoms with van der Waals surface area (Å²) in [5.74, 6) is -2.52. The average Bonchev–Trinajstić information content (AvgIpc) is 2.58. The Morgan fingerprint density at radius 2 is 1.92 bits per heavy atom. The lowest BCUT2D eigenvalue weighted by atomic mass is 9.84. The highest BCUT2D eigenvalue weighted by Gasteiger charge is 2.31. The van der Waals surface area contributed by atoms with E-state index >= 15 is 0 Å². The average molecular weight is 339 g/mol. The van der Waals surface area contributed by atoms with Crippen molar-refractivity contribution in [1.82, 2.24) is 4.90 Å². The summed E-state index contributed by atoms with van der Waals surface area (Å²) in [6.07, 6.45) is 4.05. The fourth-order valence-corrected chi connectivity index (χ4v) is 3.29. The lowest BCUT2D eigenvalue weighted by Crippen LogP contribution is -2.46. The Balaban J connectivity index is 2.23. The van der Waals surface area contributed by atoms with Crippen LogP contribution in [0.2, 0.25) is 0 Å². The number of carbonyl (C=O) groups excluding carboxylic acids is 2. The van der Waals surface area contributed by atoms with E-state index in [1.165, 1.54) is 13.2 Å². The fourth-order valence-electron chi connectivity index (χ4n) is 3.29. The van der Waals surface area contributed by atoms with Crippen LogP contribution < -0.4 is 0 Å². The van der Waals surface area contributed by atoms with Gasteiger partial charge < -0.3 is 9.64 Å².